The Balaban J connectivity index is 1.40. The number of piperidine rings is 1. The van der Waals surface area contributed by atoms with Crippen LogP contribution in [0.25, 0.3) is 10.1 Å². The highest BCUT2D eigenvalue weighted by atomic mass is 32.1. The molecule has 4 heterocycles. The summed E-state index contributed by atoms with van der Waals surface area (Å²) in [5.74, 6) is -0.442. The van der Waals surface area contributed by atoms with Gasteiger partial charge in [0.05, 0.1) is 31.1 Å². The number of fused-ring (bicyclic) bond motifs is 2. The van der Waals surface area contributed by atoms with E-state index < -0.39 is 11.8 Å². The molecule has 31 heavy (non-hydrogen) atoms. The maximum atomic E-state index is 13.3. The Kier molecular flexibility index (Phi) is 5.11. The molecule has 1 aromatic carbocycles. The van der Waals surface area contributed by atoms with Crippen LogP contribution in [0.5, 0.6) is 0 Å². The second-order valence-corrected chi connectivity index (χ2v) is 9.28. The molecule has 1 fully saturated rings. The highest BCUT2D eigenvalue weighted by Gasteiger charge is 2.35. The van der Waals surface area contributed by atoms with Crippen molar-refractivity contribution in [2.45, 2.75) is 39.0 Å². The van der Waals surface area contributed by atoms with Crippen molar-refractivity contribution < 1.29 is 14.3 Å². The fourth-order valence-corrected chi connectivity index (χ4v) is 5.29. The van der Waals surface area contributed by atoms with Crippen molar-refractivity contribution in [3.05, 3.63) is 52.5 Å². The molecule has 2 aliphatic heterocycles. The van der Waals surface area contributed by atoms with E-state index in [1.165, 1.54) is 16.3 Å². The molecule has 3 N–H and O–H groups in total. The molecule has 8 heteroatoms. The molecule has 2 unspecified atom stereocenters. The number of carbonyl (C=O) groups is 2. The zero-order chi connectivity index (χ0) is 21.5. The van der Waals surface area contributed by atoms with E-state index >= 15 is 0 Å². The lowest BCUT2D eigenvalue weighted by molar-refractivity contribution is -0.146. The molecule has 2 amide bonds. The standard InChI is InChI=1S/C23H24N4O3S/c1-13-2-4-19(14-3-5-20-15(8-14)6-7-31-20)27(10-13)23(29)22(28)26-18-9-25-21(24)17-12-30-11-16(17)18/h3,5-9,13,19H,2,4,10-12H2,1H3,(H2,24,25)(H,26,28). The molecule has 5 rings (SSSR count). The third kappa shape index (κ3) is 3.66. The van der Waals surface area contributed by atoms with Gasteiger partial charge in [0.1, 0.15) is 5.82 Å². The van der Waals surface area contributed by atoms with Crippen LogP contribution in [-0.2, 0) is 27.5 Å². The van der Waals surface area contributed by atoms with Crippen molar-refractivity contribution >= 4 is 44.7 Å². The number of nitrogen functional groups attached to an aromatic ring is 1. The smallest absolute Gasteiger partial charge is 0.313 e. The molecule has 1 saturated heterocycles. The molecule has 2 aromatic heterocycles. The summed E-state index contributed by atoms with van der Waals surface area (Å²) in [5, 5.41) is 5.99. The molecule has 3 aromatic rings. The SMILES string of the molecule is CC1CCC(c2ccc3sccc3c2)N(C(=O)C(=O)Nc2cnc(N)c3c2COC3)C1. The average molecular weight is 437 g/mol. The minimum atomic E-state index is -0.656. The van der Waals surface area contributed by atoms with Crippen molar-refractivity contribution in [3.63, 3.8) is 0 Å². The third-order valence-corrected chi connectivity index (χ3v) is 7.10. The maximum Gasteiger partial charge on any atom is 0.313 e. The molecule has 160 valence electrons. The predicted octanol–water partition coefficient (Wildman–Crippen LogP) is 3.85. The molecular formula is C23H24N4O3S. The van der Waals surface area contributed by atoms with Crippen molar-refractivity contribution in [2.24, 2.45) is 5.92 Å². The van der Waals surface area contributed by atoms with Crippen LogP contribution >= 0.6 is 11.3 Å². The molecular weight excluding hydrogens is 412 g/mol. The van der Waals surface area contributed by atoms with Crippen molar-refractivity contribution in [3.8, 4) is 0 Å². The number of thiophene rings is 1. The maximum absolute atomic E-state index is 13.3. The number of aromatic nitrogens is 1. The van der Waals surface area contributed by atoms with Gasteiger partial charge >= 0.3 is 11.8 Å². The number of anilines is 2. The number of amides is 2. The Morgan fingerprint density at radius 1 is 1.23 bits per heavy atom. The van der Waals surface area contributed by atoms with Crippen molar-refractivity contribution in [2.75, 3.05) is 17.6 Å². The van der Waals surface area contributed by atoms with Crippen LogP contribution < -0.4 is 11.1 Å². The second-order valence-electron chi connectivity index (χ2n) is 8.33. The minimum absolute atomic E-state index is 0.114. The van der Waals surface area contributed by atoms with Crippen LogP contribution in [0.15, 0.2) is 35.8 Å². The Morgan fingerprint density at radius 3 is 2.94 bits per heavy atom. The van der Waals surface area contributed by atoms with Gasteiger partial charge in [0.2, 0.25) is 0 Å². The first-order chi connectivity index (χ1) is 15.0. The van der Waals surface area contributed by atoms with E-state index in [1.807, 2.05) is 0 Å². The predicted molar refractivity (Wildman–Crippen MR) is 120 cm³/mol. The van der Waals surface area contributed by atoms with E-state index in [2.05, 4.69) is 46.9 Å². The number of nitrogens with zero attached hydrogens (tertiary/aromatic N) is 2. The first-order valence-electron chi connectivity index (χ1n) is 10.4. The number of nitrogens with one attached hydrogen (secondary N) is 1. The molecule has 0 spiro atoms. The molecule has 7 nitrogen and oxygen atoms in total. The molecule has 0 saturated carbocycles. The monoisotopic (exact) mass is 436 g/mol. The lowest BCUT2D eigenvalue weighted by Gasteiger charge is -2.38. The zero-order valence-corrected chi connectivity index (χ0v) is 18.1. The number of rotatable bonds is 2. The summed E-state index contributed by atoms with van der Waals surface area (Å²) in [6, 6.07) is 8.28. The Morgan fingerprint density at radius 2 is 2.06 bits per heavy atom. The lowest BCUT2D eigenvalue weighted by Crippen LogP contribution is -2.46. The van der Waals surface area contributed by atoms with Crippen molar-refractivity contribution in [1.29, 1.82) is 0 Å². The molecule has 2 aliphatic rings. The average Bonchev–Trinajstić information content (AvgIpc) is 3.44. The van der Waals surface area contributed by atoms with Crippen LogP contribution in [0.1, 0.15) is 42.5 Å². The zero-order valence-electron chi connectivity index (χ0n) is 17.3. The summed E-state index contributed by atoms with van der Waals surface area (Å²) in [6.45, 7) is 3.38. The minimum Gasteiger partial charge on any atom is -0.383 e. The summed E-state index contributed by atoms with van der Waals surface area (Å²) in [5.41, 5.74) is 9.03. The first-order valence-corrected chi connectivity index (χ1v) is 11.3. The van der Waals surface area contributed by atoms with Gasteiger partial charge in [0.25, 0.3) is 0 Å². The van der Waals surface area contributed by atoms with Gasteiger partial charge in [0, 0.05) is 22.4 Å². The Hall–Kier alpha value is -2.97. The van der Waals surface area contributed by atoms with Gasteiger partial charge < -0.3 is 20.7 Å². The summed E-state index contributed by atoms with van der Waals surface area (Å²) in [4.78, 5) is 32.1. The number of nitrogens with two attached hydrogens (primary N) is 1. The van der Waals surface area contributed by atoms with Gasteiger partial charge in [0.15, 0.2) is 0 Å². The van der Waals surface area contributed by atoms with E-state index in [0.717, 1.165) is 29.5 Å². The summed E-state index contributed by atoms with van der Waals surface area (Å²) in [6.07, 6.45) is 3.35. The number of ether oxygens (including phenoxy) is 1. The van der Waals surface area contributed by atoms with E-state index in [9.17, 15) is 9.59 Å². The topological polar surface area (TPSA) is 97.6 Å². The number of pyridine rings is 1. The number of carbonyl (C=O) groups excluding carboxylic acids is 2. The quantitative estimate of drug-likeness (QED) is 0.595. The highest BCUT2D eigenvalue weighted by molar-refractivity contribution is 7.17. The van der Waals surface area contributed by atoms with Crippen LogP contribution in [-0.4, -0.2) is 28.2 Å². The van der Waals surface area contributed by atoms with Gasteiger partial charge in [-0.1, -0.05) is 13.0 Å². The van der Waals surface area contributed by atoms with E-state index in [-0.39, 0.29) is 6.04 Å². The number of benzene rings is 1. The number of hydrogen-bond donors (Lipinski definition) is 2. The fraction of sp³-hybridized carbons (Fsp3) is 0.348. The first kappa shape index (κ1) is 20.0. The molecule has 0 radical (unpaired) electrons. The van der Waals surface area contributed by atoms with Crippen LogP contribution in [0.2, 0.25) is 0 Å². The summed E-state index contributed by atoms with van der Waals surface area (Å²) in [7, 11) is 0. The Labute approximate surface area is 184 Å². The number of hydrogen-bond acceptors (Lipinski definition) is 6. The van der Waals surface area contributed by atoms with Crippen LogP contribution in [0.4, 0.5) is 11.5 Å². The fourth-order valence-electron chi connectivity index (χ4n) is 4.52. The molecule has 0 bridgehead atoms. The van der Waals surface area contributed by atoms with Gasteiger partial charge in [-0.15, -0.1) is 11.3 Å². The van der Waals surface area contributed by atoms with E-state index in [1.54, 1.807) is 16.2 Å². The normalized spacial score (nSPS) is 20.6. The van der Waals surface area contributed by atoms with Gasteiger partial charge in [-0.3, -0.25) is 9.59 Å². The summed E-state index contributed by atoms with van der Waals surface area (Å²) < 4.78 is 6.66. The van der Waals surface area contributed by atoms with Gasteiger partial charge in [-0.05, 0) is 53.3 Å². The third-order valence-electron chi connectivity index (χ3n) is 6.21. The van der Waals surface area contributed by atoms with Gasteiger partial charge in [-0.2, -0.15) is 0 Å². The Bertz CT molecular complexity index is 1170. The van der Waals surface area contributed by atoms with Crippen molar-refractivity contribution in [1.82, 2.24) is 9.88 Å². The summed E-state index contributed by atoms with van der Waals surface area (Å²) >= 11 is 1.70. The number of likely N-dealkylation sites (tertiary alicyclic amines) is 1. The largest absolute Gasteiger partial charge is 0.383 e. The second kappa shape index (κ2) is 7.94. The molecule has 2 atom stereocenters. The van der Waals surface area contributed by atoms with Crippen LogP contribution in [0, 0.1) is 5.92 Å². The lowest BCUT2D eigenvalue weighted by atomic mass is 9.89. The molecule has 0 aliphatic carbocycles. The van der Waals surface area contributed by atoms with Gasteiger partial charge in [-0.25, -0.2) is 4.98 Å². The van der Waals surface area contributed by atoms with E-state index in [0.29, 0.717) is 37.2 Å². The van der Waals surface area contributed by atoms with Crippen LogP contribution in [0.3, 0.4) is 0 Å². The highest BCUT2D eigenvalue weighted by Crippen LogP contribution is 2.36. The van der Waals surface area contributed by atoms with E-state index in [4.69, 9.17) is 10.5 Å².